The summed E-state index contributed by atoms with van der Waals surface area (Å²) < 4.78 is 17.4. The highest BCUT2D eigenvalue weighted by Crippen LogP contribution is 2.65. The summed E-state index contributed by atoms with van der Waals surface area (Å²) in [4.78, 5) is 13.9. The Hall–Kier alpha value is -2.05. The zero-order chi connectivity index (χ0) is 18.3. The Kier molecular flexibility index (Phi) is 3.12. The van der Waals surface area contributed by atoms with E-state index >= 15 is 0 Å². The Morgan fingerprint density at radius 1 is 1.42 bits per heavy atom. The summed E-state index contributed by atoms with van der Waals surface area (Å²) in [5.41, 5.74) is 0.667. The normalized spacial score (nSPS) is 36.7. The SMILES string of the molecule is COc1ccc2c3c1OC1C(OC(C)=O)=CCC4(O)C(C2)N(C)CCC314. The molecule has 1 aromatic carbocycles. The number of hydrogen-bond acceptors (Lipinski definition) is 6. The molecule has 4 atom stereocenters. The van der Waals surface area contributed by atoms with Crippen molar-refractivity contribution in [2.24, 2.45) is 0 Å². The molecule has 1 saturated heterocycles. The smallest absolute Gasteiger partial charge is 0.307 e. The van der Waals surface area contributed by atoms with Gasteiger partial charge >= 0.3 is 5.97 Å². The molecular weight excluding hydrogens is 334 g/mol. The lowest BCUT2D eigenvalue weighted by Gasteiger charge is -2.61. The van der Waals surface area contributed by atoms with Crippen LogP contribution in [0.1, 0.15) is 30.9 Å². The lowest BCUT2D eigenvalue weighted by molar-refractivity contribution is -0.168. The van der Waals surface area contributed by atoms with Gasteiger partial charge in [-0.3, -0.25) is 4.79 Å². The second-order valence-electron chi connectivity index (χ2n) is 7.88. The molecule has 1 N–H and O–H groups in total. The molecule has 5 rings (SSSR count). The number of rotatable bonds is 2. The molecule has 0 saturated carbocycles. The standard InChI is InChI=1S/C20H23NO5/c1-11(22)25-14-6-7-20(23)15-10-12-4-5-13(24-3)17-16(12)19(20,18(14)26-17)8-9-21(15)2/h4-6,15,18,23H,7-10H2,1-3H3. The summed E-state index contributed by atoms with van der Waals surface area (Å²) in [6.45, 7) is 2.25. The third-order valence-electron chi connectivity index (χ3n) is 6.82. The summed E-state index contributed by atoms with van der Waals surface area (Å²) >= 11 is 0. The van der Waals surface area contributed by atoms with Crippen LogP contribution in [0.15, 0.2) is 24.0 Å². The fourth-order valence-electron chi connectivity index (χ4n) is 5.75. The van der Waals surface area contributed by atoms with Crippen molar-refractivity contribution < 1.29 is 24.1 Å². The van der Waals surface area contributed by atoms with Gasteiger partial charge in [0.2, 0.25) is 0 Å². The summed E-state index contributed by atoms with van der Waals surface area (Å²) in [5, 5.41) is 12.0. The summed E-state index contributed by atoms with van der Waals surface area (Å²) in [7, 11) is 3.69. The van der Waals surface area contributed by atoms with Gasteiger partial charge in [0.1, 0.15) is 5.76 Å². The number of esters is 1. The van der Waals surface area contributed by atoms with Crippen molar-refractivity contribution in [3.8, 4) is 11.5 Å². The monoisotopic (exact) mass is 357 g/mol. The molecule has 0 amide bonds. The molecule has 1 spiro atoms. The first-order valence-corrected chi connectivity index (χ1v) is 9.10. The Labute approximate surface area is 152 Å². The van der Waals surface area contributed by atoms with E-state index in [2.05, 4.69) is 18.0 Å². The Morgan fingerprint density at radius 3 is 2.96 bits per heavy atom. The van der Waals surface area contributed by atoms with Gasteiger partial charge in [0.15, 0.2) is 17.6 Å². The molecule has 1 fully saturated rings. The molecule has 2 aliphatic carbocycles. The fourth-order valence-corrected chi connectivity index (χ4v) is 5.75. The quantitative estimate of drug-likeness (QED) is 0.810. The molecule has 4 aliphatic rings. The number of likely N-dealkylation sites (N-methyl/N-ethyl adjacent to an activating group) is 1. The van der Waals surface area contributed by atoms with Crippen LogP contribution in [0.2, 0.25) is 0 Å². The van der Waals surface area contributed by atoms with Gasteiger partial charge in [-0.25, -0.2) is 0 Å². The van der Waals surface area contributed by atoms with Gasteiger partial charge in [0.25, 0.3) is 0 Å². The molecule has 26 heavy (non-hydrogen) atoms. The minimum atomic E-state index is -0.959. The predicted octanol–water partition coefficient (Wildman–Crippen LogP) is 1.54. The number of piperidine rings is 1. The number of likely N-dealkylation sites (tertiary alicyclic amines) is 1. The number of ether oxygens (including phenoxy) is 3. The third-order valence-corrected chi connectivity index (χ3v) is 6.82. The molecule has 6 nitrogen and oxygen atoms in total. The maximum atomic E-state index is 12.0. The minimum absolute atomic E-state index is 0.00400. The van der Waals surface area contributed by atoms with E-state index in [0.29, 0.717) is 23.7 Å². The van der Waals surface area contributed by atoms with Crippen molar-refractivity contribution in [1.82, 2.24) is 4.90 Å². The van der Waals surface area contributed by atoms with Crippen LogP contribution in [0, 0.1) is 0 Å². The first kappa shape index (κ1) is 16.1. The van der Waals surface area contributed by atoms with Gasteiger partial charge in [-0.2, -0.15) is 0 Å². The number of carbonyl (C=O) groups excluding carboxylic acids is 1. The maximum absolute atomic E-state index is 12.0. The Morgan fingerprint density at radius 2 is 2.23 bits per heavy atom. The van der Waals surface area contributed by atoms with E-state index in [1.165, 1.54) is 12.5 Å². The van der Waals surface area contributed by atoms with E-state index < -0.39 is 17.1 Å². The van der Waals surface area contributed by atoms with E-state index in [1.807, 2.05) is 12.1 Å². The number of carbonyl (C=O) groups is 1. The minimum Gasteiger partial charge on any atom is -0.493 e. The van der Waals surface area contributed by atoms with E-state index in [-0.39, 0.29) is 12.0 Å². The van der Waals surface area contributed by atoms with Crippen molar-refractivity contribution in [2.75, 3.05) is 20.7 Å². The van der Waals surface area contributed by atoms with E-state index in [0.717, 1.165) is 24.9 Å². The zero-order valence-electron chi connectivity index (χ0n) is 15.2. The molecule has 2 bridgehead atoms. The van der Waals surface area contributed by atoms with Crippen molar-refractivity contribution in [3.63, 3.8) is 0 Å². The first-order chi connectivity index (χ1) is 12.4. The van der Waals surface area contributed by atoms with E-state index in [4.69, 9.17) is 14.2 Å². The lowest BCUT2D eigenvalue weighted by atomic mass is 9.50. The molecule has 0 radical (unpaired) electrons. The molecule has 138 valence electrons. The second-order valence-corrected chi connectivity index (χ2v) is 7.88. The van der Waals surface area contributed by atoms with Crippen LogP contribution in [0.5, 0.6) is 11.5 Å². The van der Waals surface area contributed by atoms with Crippen LogP contribution in [0.4, 0.5) is 0 Å². The van der Waals surface area contributed by atoms with E-state index in [1.54, 1.807) is 7.11 Å². The van der Waals surface area contributed by atoms with Crippen molar-refractivity contribution in [2.45, 2.75) is 49.3 Å². The van der Waals surface area contributed by atoms with Gasteiger partial charge in [-0.15, -0.1) is 0 Å². The Balaban J connectivity index is 1.79. The highest BCUT2D eigenvalue weighted by Gasteiger charge is 2.72. The van der Waals surface area contributed by atoms with Gasteiger partial charge in [-0.05, 0) is 44.1 Å². The summed E-state index contributed by atoms with van der Waals surface area (Å²) in [6, 6.07) is 4.02. The van der Waals surface area contributed by atoms with Crippen LogP contribution < -0.4 is 9.47 Å². The van der Waals surface area contributed by atoms with Gasteiger partial charge < -0.3 is 24.2 Å². The van der Waals surface area contributed by atoms with Crippen molar-refractivity contribution >= 4 is 5.97 Å². The first-order valence-electron chi connectivity index (χ1n) is 9.10. The zero-order valence-corrected chi connectivity index (χ0v) is 15.2. The molecular formula is C20H23NO5. The molecule has 2 heterocycles. The predicted molar refractivity (Wildman–Crippen MR) is 93.2 cm³/mol. The van der Waals surface area contributed by atoms with E-state index in [9.17, 15) is 9.90 Å². The fraction of sp³-hybridized carbons (Fsp3) is 0.550. The maximum Gasteiger partial charge on any atom is 0.307 e. The van der Waals surface area contributed by atoms with Gasteiger partial charge in [0.05, 0.1) is 18.1 Å². The number of benzene rings is 1. The highest BCUT2D eigenvalue weighted by atomic mass is 16.6. The molecule has 4 unspecified atom stereocenters. The highest BCUT2D eigenvalue weighted by molar-refractivity contribution is 5.69. The second kappa shape index (κ2) is 5.02. The average Bonchev–Trinajstić information content (AvgIpc) is 2.95. The van der Waals surface area contributed by atoms with Crippen LogP contribution in [-0.4, -0.2) is 54.4 Å². The molecule has 1 aromatic rings. The number of aliphatic hydroxyl groups is 1. The summed E-state index contributed by atoms with van der Waals surface area (Å²) in [6.07, 6.45) is 3.29. The van der Waals surface area contributed by atoms with Crippen molar-refractivity contribution in [1.29, 1.82) is 0 Å². The topological polar surface area (TPSA) is 68.2 Å². The largest absolute Gasteiger partial charge is 0.493 e. The van der Waals surface area contributed by atoms with Crippen LogP contribution in [0.3, 0.4) is 0 Å². The van der Waals surface area contributed by atoms with Crippen molar-refractivity contribution in [3.05, 3.63) is 35.1 Å². The molecule has 2 aliphatic heterocycles. The molecule has 0 aromatic heterocycles. The van der Waals surface area contributed by atoms with Crippen LogP contribution in [0.25, 0.3) is 0 Å². The van der Waals surface area contributed by atoms with Gasteiger partial charge in [-0.1, -0.05) is 6.07 Å². The number of hydrogen-bond donors (Lipinski definition) is 1. The summed E-state index contributed by atoms with van der Waals surface area (Å²) in [5.74, 6) is 1.49. The Bertz CT molecular complexity index is 849. The number of nitrogens with zero attached hydrogens (tertiary/aromatic N) is 1. The average molecular weight is 357 g/mol. The van der Waals surface area contributed by atoms with Gasteiger partial charge in [0, 0.05) is 24.9 Å². The van der Waals surface area contributed by atoms with Crippen LogP contribution >= 0.6 is 0 Å². The lowest BCUT2D eigenvalue weighted by Crippen LogP contribution is -2.74. The third kappa shape index (κ3) is 1.67. The number of methoxy groups -OCH3 is 1. The van der Waals surface area contributed by atoms with Crippen LogP contribution in [-0.2, 0) is 21.4 Å². The molecule has 6 heteroatoms.